The van der Waals surface area contributed by atoms with Gasteiger partial charge in [0.15, 0.2) is 5.78 Å². The van der Waals surface area contributed by atoms with Gasteiger partial charge in [0.05, 0.1) is 128 Å². The molecule has 0 bridgehead atoms. The first-order valence-corrected chi connectivity index (χ1v) is 17.4. The van der Waals surface area contributed by atoms with Crippen molar-refractivity contribution in [1.82, 2.24) is 4.90 Å². The molecule has 2 saturated heterocycles. The molecule has 16 heteroatoms. The summed E-state index contributed by atoms with van der Waals surface area (Å²) < 4.78 is 44.5. The van der Waals surface area contributed by atoms with Crippen molar-refractivity contribution in [3.63, 3.8) is 0 Å². The second-order valence-corrected chi connectivity index (χ2v) is 12.0. The van der Waals surface area contributed by atoms with Crippen LogP contribution in [0.25, 0.3) is 5.57 Å². The summed E-state index contributed by atoms with van der Waals surface area (Å²) in [5.74, 6) is -3.61. The number of anilines is 1. The molecule has 0 spiro atoms. The molecule has 5 rings (SSSR count). The topological polar surface area (TPSA) is 195 Å². The van der Waals surface area contributed by atoms with Gasteiger partial charge < -0.3 is 68.1 Å². The monoisotopic (exact) mass is 732 g/mol. The number of rotatable bonds is 3. The molecule has 2 aliphatic carbocycles. The maximum absolute atomic E-state index is 13.5. The molecule has 0 saturated carbocycles. The average Bonchev–Trinajstić information content (AvgIpc) is 3.14. The predicted octanol–water partition coefficient (Wildman–Crippen LogP) is 1.42. The molecular formula is C36H48N2O14. The van der Waals surface area contributed by atoms with Gasteiger partial charge in [-0.05, 0) is 0 Å². The number of aromatic hydroxyl groups is 2. The highest BCUT2D eigenvalue weighted by atomic mass is 16.6. The van der Waals surface area contributed by atoms with E-state index in [1.54, 1.807) is 0 Å². The Bertz CT molecular complexity index is 1460. The van der Waals surface area contributed by atoms with Crippen LogP contribution in [0.1, 0.15) is 5.56 Å². The minimum atomic E-state index is -0.822. The van der Waals surface area contributed by atoms with Crippen molar-refractivity contribution in [1.29, 1.82) is 0 Å². The van der Waals surface area contributed by atoms with Crippen molar-refractivity contribution in [2.45, 2.75) is 0 Å². The van der Waals surface area contributed by atoms with E-state index in [1.165, 1.54) is 24.3 Å². The minimum absolute atomic E-state index is 0.295. The molecule has 4 N–H and O–H groups in total. The zero-order chi connectivity index (χ0) is 36.7. The zero-order valence-corrected chi connectivity index (χ0v) is 29.2. The molecule has 286 valence electrons. The Kier molecular flexibility index (Phi) is 15.3. The Labute approximate surface area is 302 Å². The number of benzene rings is 1. The van der Waals surface area contributed by atoms with E-state index in [0.29, 0.717) is 143 Å². The van der Waals surface area contributed by atoms with Gasteiger partial charge in [-0.1, -0.05) is 0 Å². The van der Waals surface area contributed by atoms with Crippen LogP contribution in [0.3, 0.4) is 0 Å². The first kappa shape index (κ1) is 39.2. The van der Waals surface area contributed by atoms with Crippen molar-refractivity contribution >= 4 is 22.8 Å². The van der Waals surface area contributed by atoms with Gasteiger partial charge in [-0.3, -0.25) is 9.59 Å². The summed E-state index contributed by atoms with van der Waals surface area (Å²) in [5.41, 5.74) is -0.675. The molecule has 0 amide bonds. The number of ether oxygens (including phenoxy) is 8. The Morgan fingerprint density at radius 2 is 0.846 bits per heavy atom. The van der Waals surface area contributed by atoms with Crippen molar-refractivity contribution in [2.24, 2.45) is 0 Å². The molecule has 0 atom stereocenters. The van der Waals surface area contributed by atoms with Gasteiger partial charge in [0.2, 0.25) is 5.78 Å². The molecule has 2 aliphatic heterocycles. The summed E-state index contributed by atoms with van der Waals surface area (Å²) >= 11 is 0. The van der Waals surface area contributed by atoms with Gasteiger partial charge >= 0.3 is 0 Å². The molecule has 0 unspecified atom stereocenters. The molecule has 16 nitrogen and oxygen atoms in total. The highest BCUT2D eigenvalue weighted by Crippen LogP contribution is 2.47. The lowest BCUT2D eigenvalue weighted by atomic mass is 9.78. The summed E-state index contributed by atoms with van der Waals surface area (Å²) in [7, 11) is 0. The molecular weight excluding hydrogens is 684 g/mol. The van der Waals surface area contributed by atoms with Gasteiger partial charge in [-0.15, -0.1) is 0 Å². The lowest BCUT2D eigenvalue weighted by Gasteiger charge is -2.30. The highest BCUT2D eigenvalue weighted by molar-refractivity contribution is 6.42. The van der Waals surface area contributed by atoms with Crippen LogP contribution in [0, 0.1) is 0 Å². The number of hydrogen-bond acceptors (Lipinski definition) is 16. The lowest BCUT2D eigenvalue weighted by molar-refractivity contribution is -0.114. The maximum Gasteiger partial charge on any atom is 0.202 e. The Morgan fingerprint density at radius 3 is 1.23 bits per heavy atom. The Hall–Kier alpha value is -4.00. The second-order valence-electron chi connectivity index (χ2n) is 12.0. The summed E-state index contributed by atoms with van der Waals surface area (Å²) in [6, 6.07) is 2.73. The highest BCUT2D eigenvalue weighted by Gasteiger charge is 2.43. The molecule has 52 heavy (non-hydrogen) atoms. The number of phenolic OH excluding ortho intramolecular Hbond substituents is 2. The minimum Gasteiger partial charge on any atom is -0.507 e. The van der Waals surface area contributed by atoms with E-state index in [1.807, 2.05) is 9.80 Å². The number of Topliss-reactive ketones (excluding diaryl/α,β-unsaturated/α-hetero) is 1. The van der Waals surface area contributed by atoms with E-state index < -0.39 is 40.2 Å². The number of aliphatic hydroxyl groups excluding tert-OH is 2. The van der Waals surface area contributed by atoms with Crippen LogP contribution in [0.15, 0.2) is 52.6 Å². The predicted molar refractivity (Wildman–Crippen MR) is 185 cm³/mol. The Morgan fingerprint density at radius 1 is 0.462 bits per heavy atom. The molecule has 1 aromatic carbocycles. The smallest absolute Gasteiger partial charge is 0.202 e. The summed E-state index contributed by atoms with van der Waals surface area (Å²) in [6.07, 6.45) is 2.60. The summed E-state index contributed by atoms with van der Waals surface area (Å²) in [5, 5.41) is 44.2. The van der Waals surface area contributed by atoms with Gasteiger partial charge in [0, 0.05) is 61.8 Å². The first-order chi connectivity index (χ1) is 25.4. The zero-order valence-electron chi connectivity index (χ0n) is 29.2. The van der Waals surface area contributed by atoms with Crippen LogP contribution < -0.4 is 4.90 Å². The van der Waals surface area contributed by atoms with Crippen LogP contribution in [0.5, 0.6) is 11.5 Å². The first-order valence-electron chi connectivity index (χ1n) is 17.4. The van der Waals surface area contributed by atoms with Gasteiger partial charge in [0.25, 0.3) is 0 Å². The number of carbonyl (C=O) groups excluding carboxylic acids is 2. The van der Waals surface area contributed by atoms with Crippen LogP contribution in [0.4, 0.5) is 5.69 Å². The van der Waals surface area contributed by atoms with Crippen molar-refractivity contribution in [2.75, 3.05) is 137 Å². The van der Waals surface area contributed by atoms with E-state index >= 15 is 0 Å². The molecule has 2 heterocycles. The number of hydrogen-bond donors (Lipinski definition) is 4. The quantitative estimate of drug-likeness (QED) is 0.326. The van der Waals surface area contributed by atoms with Crippen molar-refractivity contribution in [3.8, 4) is 11.5 Å². The van der Waals surface area contributed by atoms with Crippen LogP contribution in [0.2, 0.25) is 0 Å². The average molecular weight is 733 g/mol. The number of carbonyl (C=O) groups is 2. The fraction of sp³-hybridized carbons (Fsp3) is 0.556. The standard InChI is InChI=1S/C36H48N2O14/c39-27-21-25(37-1-5-45-9-13-49-17-18-50-14-10-46-6-2-37)22-28(40)31(27)33-35(43)34(36(33)44)32-29(41)23-26(24-30(32)42)38-3-7-47-11-15-51-19-20-52-16-12-48-8-4-38/h21-24,39-41,43H,1-20H2/b34-32+. The SMILES string of the molecule is O=C1C=C(N2CCOCCOCCOCCOCC2)C=C(O)/C1=C1\C(=O)C(c2c(O)cc(N3CCOCCOCCOCCOCC3)cc2O)=C1O. The van der Waals surface area contributed by atoms with Gasteiger partial charge in [-0.2, -0.15) is 0 Å². The third-order valence-corrected chi connectivity index (χ3v) is 8.56. The molecule has 2 fully saturated rings. The second kappa shape index (κ2) is 20.3. The van der Waals surface area contributed by atoms with Gasteiger partial charge in [-0.25, -0.2) is 0 Å². The number of allylic oxidation sites excluding steroid dienone is 5. The molecule has 0 radical (unpaired) electrons. The van der Waals surface area contributed by atoms with Gasteiger partial charge in [0.1, 0.15) is 23.0 Å². The van der Waals surface area contributed by atoms with Crippen LogP contribution in [-0.2, 0) is 47.5 Å². The van der Waals surface area contributed by atoms with Crippen LogP contribution in [-0.4, -0.2) is 169 Å². The third-order valence-electron chi connectivity index (χ3n) is 8.56. The maximum atomic E-state index is 13.5. The van der Waals surface area contributed by atoms with Crippen molar-refractivity contribution < 1.29 is 67.9 Å². The van der Waals surface area contributed by atoms with E-state index in [9.17, 15) is 30.0 Å². The molecule has 0 aromatic heterocycles. The normalized spacial score (nSPS) is 23.8. The lowest BCUT2D eigenvalue weighted by Crippen LogP contribution is -2.33. The van der Waals surface area contributed by atoms with Crippen molar-refractivity contribution in [3.05, 3.63) is 58.2 Å². The molecule has 4 aliphatic rings. The summed E-state index contributed by atoms with van der Waals surface area (Å²) in [4.78, 5) is 30.5. The van der Waals surface area contributed by atoms with E-state index in [4.69, 9.17) is 37.9 Å². The molecule has 1 aromatic rings. The largest absolute Gasteiger partial charge is 0.507 e. The number of aliphatic hydroxyl groups is 2. The third kappa shape index (κ3) is 10.5. The number of ketones is 2. The summed E-state index contributed by atoms with van der Waals surface area (Å²) in [6.45, 7) is 7.78. The van der Waals surface area contributed by atoms with E-state index in [2.05, 4.69) is 0 Å². The number of nitrogens with zero attached hydrogens (tertiary/aromatic N) is 2. The fourth-order valence-electron chi connectivity index (χ4n) is 5.89. The van der Waals surface area contributed by atoms with E-state index in [0.717, 1.165) is 0 Å². The number of phenols is 2. The fourth-order valence-corrected chi connectivity index (χ4v) is 5.89. The Balaban J connectivity index is 1.31. The van der Waals surface area contributed by atoms with E-state index in [-0.39, 0.29) is 16.7 Å². The van der Waals surface area contributed by atoms with Crippen LogP contribution >= 0.6 is 0 Å².